The number of amides is 1. The summed E-state index contributed by atoms with van der Waals surface area (Å²) in [6.07, 6.45) is 0.463. The quantitative estimate of drug-likeness (QED) is 0.675. The van der Waals surface area contributed by atoms with Crippen LogP contribution in [0.2, 0.25) is 0 Å². The van der Waals surface area contributed by atoms with Gasteiger partial charge in [0.05, 0.1) is 5.92 Å². The lowest BCUT2D eigenvalue weighted by molar-refractivity contribution is -0.141. The van der Waals surface area contributed by atoms with Crippen molar-refractivity contribution in [3.63, 3.8) is 0 Å². The second kappa shape index (κ2) is 5.42. The minimum absolute atomic E-state index is 0.136. The summed E-state index contributed by atoms with van der Waals surface area (Å²) in [6, 6.07) is 0. The molecule has 0 saturated heterocycles. The number of carbonyl (C=O) groups is 2. The molecule has 0 saturated carbocycles. The number of hydrogen-bond acceptors (Lipinski definition) is 2. The third-order valence-corrected chi connectivity index (χ3v) is 2.03. The highest BCUT2D eigenvalue weighted by Crippen LogP contribution is 2.04. The van der Waals surface area contributed by atoms with Crippen LogP contribution in [0.1, 0.15) is 20.3 Å². The Hall–Kier alpha value is -1.32. The standard InChI is InChI=1S/C10H17NO3/c1-7(2)9(12)11(4)6-5-8(3)10(13)14/h8H,1,5-6H2,2-4H3,(H,13,14). The summed E-state index contributed by atoms with van der Waals surface area (Å²) in [7, 11) is 1.64. The highest BCUT2D eigenvalue weighted by atomic mass is 16.4. The van der Waals surface area contributed by atoms with Crippen molar-refractivity contribution in [2.45, 2.75) is 20.3 Å². The van der Waals surface area contributed by atoms with E-state index in [0.29, 0.717) is 18.5 Å². The van der Waals surface area contributed by atoms with Gasteiger partial charge in [0, 0.05) is 19.2 Å². The molecule has 0 aromatic carbocycles. The lowest BCUT2D eigenvalue weighted by Crippen LogP contribution is -2.29. The molecule has 0 bridgehead atoms. The van der Waals surface area contributed by atoms with Gasteiger partial charge in [-0.1, -0.05) is 13.5 Å². The van der Waals surface area contributed by atoms with E-state index in [0.717, 1.165) is 0 Å². The molecule has 14 heavy (non-hydrogen) atoms. The molecule has 0 aliphatic heterocycles. The fourth-order valence-electron chi connectivity index (χ4n) is 0.938. The predicted octanol–water partition coefficient (Wildman–Crippen LogP) is 1.13. The van der Waals surface area contributed by atoms with Crippen molar-refractivity contribution in [2.24, 2.45) is 5.92 Å². The molecule has 0 aromatic rings. The van der Waals surface area contributed by atoms with Crippen molar-refractivity contribution >= 4 is 11.9 Å². The zero-order chi connectivity index (χ0) is 11.3. The number of hydrogen-bond donors (Lipinski definition) is 1. The van der Waals surface area contributed by atoms with Gasteiger partial charge in [0.1, 0.15) is 0 Å². The molecule has 0 spiro atoms. The Morgan fingerprint density at radius 2 is 2.00 bits per heavy atom. The number of carboxylic acids is 1. The van der Waals surface area contributed by atoms with Gasteiger partial charge in [-0.05, 0) is 13.3 Å². The Labute approximate surface area is 84.2 Å². The summed E-state index contributed by atoms with van der Waals surface area (Å²) in [5.74, 6) is -1.39. The van der Waals surface area contributed by atoms with Crippen molar-refractivity contribution in [3.8, 4) is 0 Å². The summed E-state index contributed by atoms with van der Waals surface area (Å²) in [6.45, 7) is 7.24. The van der Waals surface area contributed by atoms with Crippen LogP contribution < -0.4 is 0 Å². The van der Waals surface area contributed by atoms with E-state index >= 15 is 0 Å². The first kappa shape index (κ1) is 12.7. The Morgan fingerprint density at radius 3 is 2.36 bits per heavy atom. The second-order valence-electron chi connectivity index (χ2n) is 3.53. The van der Waals surface area contributed by atoms with Crippen molar-refractivity contribution in [1.29, 1.82) is 0 Å². The second-order valence-corrected chi connectivity index (χ2v) is 3.53. The Kier molecular flexibility index (Phi) is 4.91. The first-order chi connectivity index (χ1) is 6.36. The lowest BCUT2D eigenvalue weighted by atomic mass is 10.1. The van der Waals surface area contributed by atoms with E-state index in [1.165, 1.54) is 4.90 Å². The first-order valence-electron chi connectivity index (χ1n) is 4.50. The maximum Gasteiger partial charge on any atom is 0.306 e. The normalized spacial score (nSPS) is 11.9. The smallest absolute Gasteiger partial charge is 0.306 e. The summed E-state index contributed by atoms with van der Waals surface area (Å²) in [4.78, 5) is 23.3. The fraction of sp³-hybridized carbons (Fsp3) is 0.600. The van der Waals surface area contributed by atoms with Crippen molar-refractivity contribution in [1.82, 2.24) is 4.90 Å². The van der Waals surface area contributed by atoms with Gasteiger partial charge >= 0.3 is 5.97 Å². The van der Waals surface area contributed by atoms with Crippen LogP contribution in [0, 0.1) is 5.92 Å². The number of carbonyl (C=O) groups excluding carboxylic acids is 1. The van der Waals surface area contributed by atoms with Gasteiger partial charge < -0.3 is 10.0 Å². The zero-order valence-electron chi connectivity index (χ0n) is 8.91. The fourth-order valence-corrected chi connectivity index (χ4v) is 0.938. The largest absolute Gasteiger partial charge is 0.481 e. The van der Waals surface area contributed by atoms with Crippen LogP contribution in [0.5, 0.6) is 0 Å². The zero-order valence-corrected chi connectivity index (χ0v) is 8.91. The Balaban J connectivity index is 3.96. The highest BCUT2D eigenvalue weighted by Gasteiger charge is 2.14. The Bertz CT molecular complexity index is 248. The van der Waals surface area contributed by atoms with Crippen LogP contribution in [-0.4, -0.2) is 35.5 Å². The lowest BCUT2D eigenvalue weighted by Gasteiger charge is -2.18. The summed E-state index contributed by atoms with van der Waals surface area (Å²) in [5.41, 5.74) is 0.468. The van der Waals surface area contributed by atoms with Gasteiger partial charge in [-0.25, -0.2) is 0 Å². The molecule has 0 aromatic heterocycles. The molecule has 0 radical (unpaired) electrons. The highest BCUT2D eigenvalue weighted by molar-refractivity contribution is 5.91. The Morgan fingerprint density at radius 1 is 1.50 bits per heavy atom. The number of aliphatic carboxylic acids is 1. The molecule has 80 valence electrons. The molecule has 0 fully saturated rings. The van der Waals surface area contributed by atoms with Gasteiger partial charge in [0.25, 0.3) is 0 Å². The maximum absolute atomic E-state index is 11.3. The van der Waals surface area contributed by atoms with Crippen LogP contribution in [0.15, 0.2) is 12.2 Å². The molecule has 4 nitrogen and oxygen atoms in total. The van der Waals surface area contributed by atoms with E-state index in [4.69, 9.17) is 5.11 Å². The molecule has 1 atom stereocenters. The van der Waals surface area contributed by atoms with Crippen LogP contribution in [0.25, 0.3) is 0 Å². The van der Waals surface area contributed by atoms with E-state index in [9.17, 15) is 9.59 Å². The summed E-state index contributed by atoms with van der Waals surface area (Å²) >= 11 is 0. The van der Waals surface area contributed by atoms with E-state index in [1.807, 2.05) is 0 Å². The third-order valence-electron chi connectivity index (χ3n) is 2.03. The number of likely N-dealkylation sites (N-methyl/N-ethyl adjacent to an activating group) is 1. The topological polar surface area (TPSA) is 57.6 Å². The number of nitrogens with zero attached hydrogens (tertiary/aromatic N) is 1. The average Bonchev–Trinajstić information content (AvgIpc) is 2.11. The van der Waals surface area contributed by atoms with Crippen LogP contribution in [0.4, 0.5) is 0 Å². The van der Waals surface area contributed by atoms with Crippen LogP contribution in [-0.2, 0) is 9.59 Å². The van der Waals surface area contributed by atoms with Crippen molar-refractivity contribution in [3.05, 3.63) is 12.2 Å². The molecule has 0 heterocycles. The molecule has 1 N–H and O–H groups in total. The van der Waals surface area contributed by atoms with E-state index < -0.39 is 11.9 Å². The maximum atomic E-state index is 11.3. The molecule has 1 unspecified atom stereocenters. The minimum Gasteiger partial charge on any atom is -0.481 e. The van der Waals surface area contributed by atoms with E-state index in [2.05, 4.69) is 6.58 Å². The van der Waals surface area contributed by atoms with Crippen LogP contribution >= 0.6 is 0 Å². The van der Waals surface area contributed by atoms with Crippen molar-refractivity contribution < 1.29 is 14.7 Å². The van der Waals surface area contributed by atoms with Crippen molar-refractivity contribution in [2.75, 3.05) is 13.6 Å². The number of rotatable bonds is 5. The molecular weight excluding hydrogens is 182 g/mol. The summed E-state index contributed by atoms with van der Waals surface area (Å²) < 4.78 is 0. The van der Waals surface area contributed by atoms with E-state index in [1.54, 1.807) is 20.9 Å². The molecule has 0 rings (SSSR count). The molecular formula is C10H17NO3. The minimum atomic E-state index is -0.832. The molecule has 0 aliphatic rings. The first-order valence-corrected chi connectivity index (χ1v) is 4.50. The predicted molar refractivity (Wildman–Crippen MR) is 53.9 cm³/mol. The van der Waals surface area contributed by atoms with Gasteiger partial charge in [-0.3, -0.25) is 9.59 Å². The van der Waals surface area contributed by atoms with E-state index in [-0.39, 0.29) is 5.91 Å². The molecule has 1 amide bonds. The van der Waals surface area contributed by atoms with Crippen LogP contribution in [0.3, 0.4) is 0 Å². The van der Waals surface area contributed by atoms with Gasteiger partial charge in [0.2, 0.25) is 5.91 Å². The van der Waals surface area contributed by atoms with Gasteiger partial charge in [0.15, 0.2) is 0 Å². The average molecular weight is 199 g/mol. The van der Waals surface area contributed by atoms with Gasteiger partial charge in [-0.15, -0.1) is 0 Å². The number of carboxylic acid groups (broad SMARTS) is 1. The SMILES string of the molecule is C=C(C)C(=O)N(C)CCC(C)C(=O)O. The third kappa shape index (κ3) is 4.07. The summed E-state index contributed by atoms with van der Waals surface area (Å²) in [5, 5.41) is 8.62. The van der Waals surface area contributed by atoms with Gasteiger partial charge in [-0.2, -0.15) is 0 Å². The monoisotopic (exact) mass is 199 g/mol. The molecule has 0 aliphatic carbocycles. The molecule has 4 heteroatoms.